The Hall–Kier alpha value is -2.13. The normalized spacial score (nSPS) is 10.2. The number of carbonyl (C=O) groups excluding carboxylic acids is 1. The zero-order chi connectivity index (χ0) is 14.0. The molecule has 0 radical (unpaired) electrons. The Balaban J connectivity index is 2.70. The van der Waals surface area contributed by atoms with Gasteiger partial charge in [0.05, 0.1) is 18.7 Å². The smallest absolute Gasteiger partial charge is 0.343 e. The van der Waals surface area contributed by atoms with E-state index in [4.69, 9.17) is 11.3 Å². The van der Waals surface area contributed by atoms with E-state index in [1.54, 1.807) is 13.0 Å². The molecule has 0 saturated heterocycles. The van der Waals surface area contributed by atoms with Gasteiger partial charge in [-0.25, -0.2) is 9.64 Å². The topological polar surface area (TPSA) is 63.8 Å². The van der Waals surface area contributed by atoms with E-state index in [1.165, 1.54) is 12.3 Å². The molecule has 0 atom stereocenters. The molecule has 0 aliphatic rings. The zero-order valence-corrected chi connectivity index (χ0v) is 11.6. The van der Waals surface area contributed by atoms with Crippen LogP contribution in [0.3, 0.4) is 0 Å². The maximum Gasteiger partial charge on any atom is 0.343 e. The van der Waals surface area contributed by atoms with Gasteiger partial charge in [-0.05, 0) is 35.0 Å². The average molecular weight is 321 g/mol. The van der Waals surface area contributed by atoms with Crippen LogP contribution in [0.5, 0.6) is 5.75 Å². The fraction of sp³-hybridized carbons (Fsp3) is 0.154. The monoisotopic (exact) mass is 320 g/mol. The van der Waals surface area contributed by atoms with Crippen molar-refractivity contribution in [2.75, 3.05) is 6.61 Å². The molecule has 2 aromatic rings. The number of aromatic nitrogens is 1. The number of hydrogen-bond donors (Lipinski definition) is 1. The predicted octanol–water partition coefficient (Wildman–Crippen LogP) is 3.43. The molecule has 0 bridgehead atoms. The lowest BCUT2D eigenvalue weighted by Crippen LogP contribution is -2.05. The standard InChI is InChI=1S/C13H9BrN2O3/c1-3-19-13(18)9-6-16-11-8(12(9)17)4-7(15-2)5-10(11)14/h4-6H,3H2,1H3,(H,16,17). The highest BCUT2D eigenvalue weighted by Crippen LogP contribution is 2.35. The van der Waals surface area contributed by atoms with Gasteiger partial charge in [0.1, 0.15) is 11.3 Å². The fourth-order valence-electron chi connectivity index (χ4n) is 1.65. The van der Waals surface area contributed by atoms with Crippen molar-refractivity contribution in [3.63, 3.8) is 0 Å². The molecular formula is C13H9BrN2O3. The molecular weight excluding hydrogens is 312 g/mol. The third-order valence-electron chi connectivity index (χ3n) is 2.51. The zero-order valence-electron chi connectivity index (χ0n) is 9.98. The number of rotatable bonds is 2. The van der Waals surface area contributed by atoms with Gasteiger partial charge in [0.25, 0.3) is 0 Å². The molecule has 1 aromatic carbocycles. The maximum absolute atomic E-state index is 11.7. The van der Waals surface area contributed by atoms with Gasteiger partial charge in [-0.3, -0.25) is 4.98 Å². The van der Waals surface area contributed by atoms with Gasteiger partial charge in [0.15, 0.2) is 5.69 Å². The summed E-state index contributed by atoms with van der Waals surface area (Å²) in [5.41, 5.74) is 0.818. The van der Waals surface area contributed by atoms with Crippen molar-refractivity contribution >= 4 is 38.5 Å². The summed E-state index contributed by atoms with van der Waals surface area (Å²) in [5, 5.41) is 10.5. The molecule has 1 heterocycles. The first-order valence-electron chi connectivity index (χ1n) is 5.44. The second kappa shape index (κ2) is 5.24. The summed E-state index contributed by atoms with van der Waals surface area (Å²) in [6, 6.07) is 3.09. The molecule has 0 aliphatic heterocycles. The summed E-state index contributed by atoms with van der Waals surface area (Å²) in [4.78, 5) is 19.1. The molecule has 0 spiro atoms. The third kappa shape index (κ3) is 2.37. The molecule has 5 nitrogen and oxygen atoms in total. The Morgan fingerprint density at radius 3 is 2.95 bits per heavy atom. The molecule has 0 aliphatic carbocycles. The van der Waals surface area contributed by atoms with Crippen molar-refractivity contribution < 1.29 is 14.6 Å². The second-order valence-corrected chi connectivity index (χ2v) is 4.53. The van der Waals surface area contributed by atoms with E-state index >= 15 is 0 Å². The number of carbonyl (C=O) groups is 1. The second-order valence-electron chi connectivity index (χ2n) is 3.68. The molecule has 0 amide bonds. The van der Waals surface area contributed by atoms with Crippen molar-refractivity contribution in [1.82, 2.24) is 4.98 Å². The average Bonchev–Trinajstić information content (AvgIpc) is 2.39. The number of benzene rings is 1. The Bertz CT molecular complexity index is 707. The van der Waals surface area contributed by atoms with Gasteiger partial charge < -0.3 is 9.84 Å². The van der Waals surface area contributed by atoms with Crippen molar-refractivity contribution in [2.45, 2.75) is 6.92 Å². The van der Waals surface area contributed by atoms with Gasteiger partial charge in [-0.1, -0.05) is 0 Å². The molecule has 1 N–H and O–H groups in total. The number of aromatic hydroxyl groups is 1. The van der Waals surface area contributed by atoms with E-state index in [-0.39, 0.29) is 17.9 Å². The lowest BCUT2D eigenvalue weighted by Gasteiger charge is -2.08. The van der Waals surface area contributed by atoms with Crippen molar-refractivity contribution in [3.8, 4) is 5.75 Å². The van der Waals surface area contributed by atoms with E-state index in [9.17, 15) is 9.90 Å². The number of halogens is 1. The van der Waals surface area contributed by atoms with Crippen molar-refractivity contribution in [2.24, 2.45) is 0 Å². The summed E-state index contributed by atoms with van der Waals surface area (Å²) in [5.74, 6) is -0.867. The lowest BCUT2D eigenvalue weighted by molar-refractivity contribution is 0.0523. The molecule has 96 valence electrons. The summed E-state index contributed by atoms with van der Waals surface area (Å²) >= 11 is 3.28. The van der Waals surface area contributed by atoms with E-state index < -0.39 is 5.97 Å². The SMILES string of the molecule is [C-]#[N+]c1cc(Br)c2ncc(C(=O)OCC)c(O)c2c1. The van der Waals surface area contributed by atoms with Crippen LogP contribution in [0.4, 0.5) is 5.69 Å². The van der Waals surface area contributed by atoms with Crippen LogP contribution >= 0.6 is 15.9 Å². The van der Waals surface area contributed by atoms with Gasteiger partial charge in [-0.2, -0.15) is 0 Å². The Labute approximate surface area is 117 Å². The van der Waals surface area contributed by atoms with E-state index in [1.807, 2.05) is 0 Å². The lowest BCUT2D eigenvalue weighted by atomic mass is 10.1. The highest BCUT2D eigenvalue weighted by atomic mass is 79.9. The first-order chi connectivity index (χ1) is 9.08. The molecule has 6 heteroatoms. The molecule has 0 unspecified atom stereocenters. The highest BCUT2D eigenvalue weighted by molar-refractivity contribution is 9.10. The van der Waals surface area contributed by atoms with Crippen LogP contribution in [-0.2, 0) is 4.74 Å². The number of esters is 1. The highest BCUT2D eigenvalue weighted by Gasteiger charge is 2.17. The van der Waals surface area contributed by atoms with Crippen molar-refractivity contribution in [3.05, 3.63) is 39.8 Å². The third-order valence-corrected chi connectivity index (χ3v) is 3.11. The van der Waals surface area contributed by atoms with Crippen LogP contribution < -0.4 is 0 Å². The van der Waals surface area contributed by atoms with Crippen LogP contribution in [0.2, 0.25) is 0 Å². The summed E-state index contributed by atoms with van der Waals surface area (Å²) in [7, 11) is 0. The van der Waals surface area contributed by atoms with Crippen LogP contribution in [0, 0.1) is 6.57 Å². The number of nitrogens with zero attached hydrogens (tertiary/aromatic N) is 2. The number of ether oxygens (including phenoxy) is 1. The largest absolute Gasteiger partial charge is 0.506 e. The summed E-state index contributed by atoms with van der Waals surface area (Å²) in [6.45, 7) is 8.89. The predicted molar refractivity (Wildman–Crippen MR) is 73.3 cm³/mol. The number of fused-ring (bicyclic) bond motifs is 1. The van der Waals surface area contributed by atoms with Crippen molar-refractivity contribution in [1.29, 1.82) is 0 Å². The Kier molecular flexibility index (Phi) is 3.67. The minimum atomic E-state index is -0.640. The molecule has 0 saturated carbocycles. The Morgan fingerprint density at radius 1 is 1.58 bits per heavy atom. The number of hydrogen-bond acceptors (Lipinski definition) is 4. The summed E-state index contributed by atoms with van der Waals surface area (Å²) in [6.07, 6.45) is 1.26. The quantitative estimate of drug-likeness (QED) is 0.680. The van der Waals surface area contributed by atoms with Gasteiger partial charge in [0, 0.05) is 16.1 Å². The number of pyridine rings is 1. The van der Waals surface area contributed by atoms with Crippen LogP contribution in [-0.4, -0.2) is 22.7 Å². The van der Waals surface area contributed by atoms with Gasteiger partial charge >= 0.3 is 5.97 Å². The summed E-state index contributed by atoms with van der Waals surface area (Å²) < 4.78 is 5.42. The van der Waals surface area contributed by atoms with E-state index in [0.29, 0.717) is 21.1 Å². The minimum Gasteiger partial charge on any atom is -0.506 e. The van der Waals surface area contributed by atoms with Gasteiger partial charge in [0.2, 0.25) is 0 Å². The molecule has 0 fully saturated rings. The first kappa shape index (κ1) is 13.3. The molecule has 1 aromatic heterocycles. The fourth-order valence-corrected chi connectivity index (χ4v) is 2.21. The van der Waals surface area contributed by atoms with Gasteiger partial charge in [-0.15, -0.1) is 0 Å². The van der Waals surface area contributed by atoms with Crippen LogP contribution in [0.15, 0.2) is 22.8 Å². The molecule has 19 heavy (non-hydrogen) atoms. The van der Waals surface area contributed by atoms with E-state index in [0.717, 1.165) is 0 Å². The van der Waals surface area contributed by atoms with E-state index in [2.05, 4.69) is 25.8 Å². The first-order valence-corrected chi connectivity index (χ1v) is 6.23. The minimum absolute atomic E-state index is 0.0108. The Morgan fingerprint density at radius 2 is 2.32 bits per heavy atom. The van der Waals surface area contributed by atoms with Crippen LogP contribution in [0.25, 0.3) is 15.7 Å². The van der Waals surface area contributed by atoms with Crippen LogP contribution in [0.1, 0.15) is 17.3 Å². The molecule has 2 rings (SSSR count). The maximum atomic E-state index is 11.7.